The van der Waals surface area contributed by atoms with Crippen molar-refractivity contribution in [2.24, 2.45) is 42.3 Å². The van der Waals surface area contributed by atoms with Crippen LogP contribution in [0.5, 0.6) is 17.2 Å². The Morgan fingerprint density at radius 3 is 1.18 bits per heavy atom. The number of ether oxygens (including phenoxy) is 5. The van der Waals surface area contributed by atoms with Crippen molar-refractivity contribution < 1.29 is 37.3 Å². The number of amides is 1. The Hall–Kier alpha value is -16.0. The summed E-state index contributed by atoms with van der Waals surface area (Å²) in [6, 6.07) is 33.9. The highest BCUT2D eigenvalue weighted by atomic mass is 35.5. The van der Waals surface area contributed by atoms with Crippen LogP contribution in [0.15, 0.2) is 152 Å². The number of oxazole rings is 1. The lowest BCUT2D eigenvalue weighted by Gasteiger charge is -2.29. The van der Waals surface area contributed by atoms with Crippen molar-refractivity contribution >= 4 is 147 Å². The third kappa shape index (κ3) is 19.2. The van der Waals surface area contributed by atoms with Gasteiger partial charge in [-0.15, -0.1) is 0 Å². The van der Waals surface area contributed by atoms with E-state index in [4.69, 9.17) is 80.0 Å². The minimum atomic E-state index is -0.412. The Morgan fingerprint density at radius 2 is 0.745 bits per heavy atom. The van der Waals surface area contributed by atoms with Crippen molar-refractivity contribution in [3.63, 3.8) is 0 Å². The number of aromatic nitrogens is 25. The fraction of sp³-hybridized carbons (Fsp3) is 0.277. The second-order valence-electron chi connectivity index (χ2n) is 33.1. The molecule has 6 aromatic carbocycles. The van der Waals surface area contributed by atoms with E-state index in [1.54, 1.807) is 47.5 Å². The SMILES string of the molecule is CC(C)Oc1ccc(-c2nn(C)c3ncnc(N)c23)cc1Cl.CC(C)Oc1ccc(-c2nn(C)c3ncnc(N4CCOCC4)c23)cc1F.Cc1cc(-c2nn(C)c3ncnc(N)c23)ccc1OC(C)C.Cc1nc2ccc(-c3nn(C)c4ncnc(N)c34)cc2o1.Cn1nc(-c2ccc(N3CCOCC3)c(Cl)c2)c2c(N)ncnc21.Cn1nc(-c2ccc3c(c2)C(=O)NC3)c2c(N)ncnc21. The van der Waals surface area contributed by atoms with Crippen molar-refractivity contribution in [2.45, 2.75) is 80.2 Å². The summed E-state index contributed by atoms with van der Waals surface area (Å²) in [5, 5.41) is 35.7. The van der Waals surface area contributed by atoms with Crippen LogP contribution < -0.4 is 58.0 Å². The summed E-state index contributed by atoms with van der Waals surface area (Å²) in [4.78, 5) is 70.8. The van der Waals surface area contributed by atoms with Gasteiger partial charge in [0.15, 0.2) is 56.9 Å². The number of carbonyl (C=O) groups excluding carboxylic acids is 1. The van der Waals surface area contributed by atoms with Gasteiger partial charge in [0.2, 0.25) is 0 Å². The first kappa shape index (κ1) is 92.8. The van der Waals surface area contributed by atoms with Crippen molar-refractivity contribution in [1.29, 1.82) is 0 Å². The molecule has 1 amide bonds. The normalized spacial score (nSPS) is 13.1. The van der Waals surface area contributed by atoms with E-state index in [2.05, 4.69) is 111 Å². The molecule has 0 atom stereocenters. The van der Waals surface area contributed by atoms with E-state index in [-0.39, 0.29) is 30.0 Å². The van der Waals surface area contributed by atoms with Gasteiger partial charge >= 0.3 is 0 Å². The molecular formula is C94H98Cl2FN33O7. The molecule has 11 N–H and O–H groups in total. The van der Waals surface area contributed by atoms with E-state index in [0.29, 0.717) is 132 Å². The molecule has 0 bridgehead atoms. The van der Waals surface area contributed by atoms with Gasteiger partial charge in [0.25, 0.3) is 5.91 Å². The smallest absolute Gasteiger partial charge is 0.251 e. The number of morpholine rings is 2. The standard InChI is InChI=1S/C19H22FN5O2.C16H17ClN6O.C16H19N5O.C15H16ClN5O.2C14H12N6O/c1-12(2)27-15-5-4-13(10-14(15)20)17-16-18(24(3)23-17)21-11-22-19(16)25-6-8-26-9-7-25;1-22-16-13(15(18)19-9-20-16)14(21-22)10-2-3-12(11(17)8-10)23-4-6-24-7-5-23;1-9(2)22-12-6-5-11(7-10(12)3)14-13-15(17)18-8-19-16(13)21(4)20-14;1-8(2)22-11-5-4-9(6-10(11)16)13-12-14(17)18-7-19-15(12)21(3)20-13;1-7-18-9-4-3-8(5-10(9)21-7)12-11-13(15)16-6-17-14(11)20(2)19-12;1-20-13-10(12(15)17-6-18-13)11(19-20)7-2-3-8-5-16-14(21)9(8)4-7/h4-5,10-12H,6-9H2,1-3H3;2-3,8-9H,4-7H2,1H3,(H2,18,19,20);5-9H,1-4H3,(H2,17,18,19);4-8H,1-3H3,(H2,17,18,19);3-6H,1-2H3,(H2,15,16,17);2-4,6H,5H2,1H3,(H,16,21)(H2,15,17,18). The number of nitrogen functional groups attached to an aromatic ring is 5. The maximum absolute atomic E-state index is 14.5. The molecule has 40 nitrogen and oxygen atoms in total. The Bertz CT molecular complexity index is 7630. The molecule has 22 rings (SSSR count). The van der Waals surface area contributed by atoms with Crippen LogP contribution in [0, 0.1) is 19.7 Å². The first-order valence-electron chi connectivity index (χ1n) is 43.7. The second kappa shape index (κ2) is 39.3. The van der Waals surface area contributed by atoms with Crippen molar-refractivity contribution in [1.82, 2.24) is 129 Å². The lowest BCUT2D eigenvalue weighted by Crippen LogP contribution is -2.36. The third-order valence-electron chi connectivity index (χ3n) is 22.5. The quantitative estimate of drug-likeness (QED) is 0.0589. The predicted octanol–water partition coefficient (Wildman–Crippen LogP) is 13.6. The van der Waals surface area contributed by atoms with Crippen LogP contribution in [-0.4, -0.2) is 200 Å². The first-order valence-corrected chi connectivity index (χ1v) is 44.5. The monoisotopic (exact) mass is 1890 g/mol. The summed E-state index contributed by atoms with van der Waals surface area (Å²) < 4.78 is 58.0. The molecule has 702 valence electrons. The van der Waals surface area contributed by atoms with Crippen molar-refractivity contribution in [2.75, 3.05) is 91.1 Å². The molecule has 19 aromatic rings. The Kier molecular flexibility index (Phi) is 26.6. The molecule has 16 heterocycles. The lowest BCUT2D eigenvalue weighted by molar-refractivity contribution is 0.0965. The number of aryl methyl sites for hydroxylation is 8. The predicted molar refractivity (Wildman–Crippen MR) is 524 cm³/mol. The van der Waals surface area contributed by atoms with Crippen LogP contribution in [0.25, 0.3) is 145 Å². The number of anilines is 7. The number of carbonyl (C=O) groups is 1. The van der Waals surface area contributed by atoms with E-state index in [1.165, 1.54) is 37.7 Å². The van der Waals surface area contributed by atoms with Crippen molar-refractivity contribution in [3.05, 3.63) is 186 Å². The number of nitrogens with two attached hydrogens (primary N) is 5. The zero-order chi connectivity index (χ0) is 96.5. The van der Waals surface area contributed by atoms with Gasteiger partial charge in [-0.1, -0.05) is 47.5 Å². The number of nitrogens with one attached hydrogen (secondary N) is 1. The molecule has 2 saturated heterocycles. The van der Waals surface area contributed by atoms with Gasteiger partial charge in [0, 0.05) is 121 Å². The summed E-state index contributed by atoms with van der Waals surface area (Å²) >= 11 is 12.8. The molecule has 13 aromatic heterocycles. The van der Waals surface area contributed by atoms with Crippen LogP contribution in [0.2, 0.25) is 10.0 Å². The fourth-order valence-corrected chi connectivity index (χ4v) is 16.8. The topological polar surface area (TPSA) is 499 Å². The van der Waals surface area contributed by atoms with Crippen molar-refractivity contribution in [3.8, 4) is 84.8 Å². The molecule has 3 aliphatic rings. The fourth-order valence-electron chi connectivity index (χ4n) is 16.3. The molecule has 137 heavy (non-hydrogen) atoms. The van der Waals surface area contributed by atoms with Crippen LogP contribution in [0.3, 0.4) is 0 Å². The van der Waals surface area contributed by atoms with Gasteiger partial charge < -0.3 is 71.9 Å². The molecular weight excluding hydrogens is 1790 g/mol. The van der Waals surface area contributed by atoms with Crippen LogP contribution >= 0.6 is 23.2 Å². The zero-order valence-electron chi connectivity index (χ0n) is 77.4. The van der Waals surface area contributed by atoms with Gasteiger partial charge in [-0.2, -0.15) is 30.6 Å². The lowest BCUT2D eigenvalue weighted by atomic mass is 10.0. The molecule has 3 aliphatic heterocycles. The van der Waals surface area contributed by atoms with Gasteiger partial charge in [0.05, 0.1) is 92.8 Å². The number of nitrogens with zero attached hydrogens (tertiary/aromatic N) is 27. The van der Waals surface area contributed by atoms with E-state index in [9.17, 15) is 9.18 Å². The van der Waals surface area contributed by atoms with Crippen LogP contribution in [-0.2, 0) is 58.3 Å². The van der Waals surface area contributed by atoms with Crippen LogP contribution in [0.4, 0.5) is 45.0 Å². The van der Waals surface area contributed by atoms with Gasteiger partial charge in [0.1, 0.15) is 124 Å². The summed E-state index contributed by atoms with van der Waals surface area (Å²) in [5.74, 6) is 4.76. The number of hydrogen-bond donors (Lipinski definition) is 6. The number of halogens is 3. The highest BCUT2D eigenvalue weighted by molar-refractivity contribution is 6.34. The van der Waals surface area contributed by atoms with E-state index < -0.39 is 5.82 Å². The highest BCUT2D eigenvalue weighted by Crippen LogP contribution is 2.42. The molecule has 0 saturated carbocycles. The number of benzene rings is 6. The summed E-state index contributed by atoms with van der Waals surface area (Å²) in [7, 11) is 11.0. The average molecular weight is 1890 g/mol. The maximum atomic E-state index is 14.5. The Balaban J connectivity index is 0.000000114. The minimum Gasteiger partial charge on any atom is -0.491 e. The third-order valence-corrected chi connectivity index (χ3v) is 23.1. The Morgan fingerprint density at radius 1 is 0.394 bits per heavy atom. The summed E-state index contributed by atoms with van der Waals surface area (Å²) in [5.41, 5.74) is 48.8. The van der Waals surface area contributed by atoms with Gasteiger partial charge in [-0.05, 0) is 145 Å². The molecule has 0 spiro atoms. The Labute approximate surface area is 792 Å². The molecule has 43 heteroatoms. The largest absolute Gasteiger partial charge is 0.491 e. The highest BCUT2D eigenvalue weighted by Gasteiger charge is 2.28. The summed E-state index contributed by atoms with van der Waals surface area (Å²) in [6.45, 7) is 22.0. The average Bonchev–Trinajstić information content (AvgIpc) is 1.60. The minimum absolute atomic E-state index is 0.0584. The summed E-state index contributed by atoms with van der Waals surface area (Å²) in [6.07, 6.45) is 8.82. The van der Waals surface area contributed by atoms with Gasteiger partial charge in [-0.3, -0.25) is 4.79 Å². The number of fused-ring (bicyclic) bond motifs is 8. The molecule has 0 unspecified atom stereocenters. The van der Waals surface area contributed by atoms with Gasteiger partial charge in [-0.25, -0.2) is 97.3 Å². The molecule has 2 fully saturated rings. The van der Waals surface area contributed by atoms with Crippen LogP contribution in [0.1, 0.15) is 68.9 Å². The molecule has 0 radical (unpaired) electrons. The van der Waals surface area contributed by atoms with E-state index >= 15 is 0 Å². The van der Waals surface area contributed by atoms with E-state index in [1.807, 2.05) is 188 Å². The van der Waals surface area contributed by atoms with E-state index in [0.717, 1.165) is 156 Å². The number of rotatable bonds is 14. The first-order chi connectivity index (χ1) is 65.9. The molecule has 0 aliphatic carbocycles. The maximum Gasteiger partial charge on any atom is 0.251 e. The number of hydrogen-bond acceptors (Lipinski definition) is 33. The second-order valence-corrected chi connectivity index (χ2v) is 33.9. The zero-order valence-corrected chi connectivity index (χ0v) is 78.9.